The van der Waals surface area contributed by atoms with Gasteiger partial charge in [0.2, 0.25) is 0 Å². The molecule has 1 saturated heterocycles. The van der Waals surface area contributed by atoms with E-state index in [1.165, 1.54) is 5.56 Å². The average Bonchev–Trinajstić information content (AvgIpc) is 3.03. The van der Waals surface area contributed by atoms with Gasteiger partial charge in [-0.25, -0.2) is 4.79 Å². The lowest BCUT2D eigenvalue weighted by Gasteiger charge is -2.36. The molecule has 0 bridgehead atoms. The van der Waals surface area contributed by atoms with Gasteiger partial charge in [0.1, 0.15) is 5.75 Å². The largest absolute Gasteiger partial charge is 0.497 e. The summed E-state index contributed by atoms with van der Waals surface area (Å²) in [7, 11) is 1.70. The Bertz CT molecular complexity index is 870. The number of amides is 2. The van der Waals surface area contributed by atoms with E-state index in [2.05, 4.69) is 22.3 Å². The Hall–Kier alpha value is -2.79. The van der Waals surface area contributed by atoms with Gasteiger partial charge in [0.05, 0.1) is 12.8 Å². The maximum atomic E-state index is 12.6. The maximum Gasteiger partial charge on any atom is 0.348 e. The minimum Gasteiger partial charge on any atom is -0.497 e. The Morgan fingerprint density at radius 2 is 1.82 bits per heavy atom. The van der Waals surface area contributed by atoms with Gasteiger partial charge < -0.3 is 4.74 Å². The molecular weight excluding hydrogens is 350 g/mol. The molecule has 0 aliphatic carbocycles. The molecule has 2 aliphatic heterocycles. The third-order valence-electron chi connectivity index (χ3n) is 5.63. The van der Waals surface area contributed by atoms with E-state index in [4.69, 9.17) is 4.74 Å². The number of urea groups is 1. The van der Waals surface area contributed by atoms with E-state index in [9.17, 15) is 4.79 Å². The second-order valence-electron chi connectivity index (χ2n) is 7.42. The minimum atomic E-state index is -0.123. The molecule has 2 aliphatic rings. The first kappa shape index (κ1) is 18.6. The van der Waals surface area contributed by atoms with Crippen LogP contribution in [0.2, 0.25) is 0 Å². The molecule has 1 fully saturated rings. The minimum absolute atomic E-state index is 0.123. The maximum absolute atomic E-state index is 12.6. The Labute approximate surface area is 166 Å². The van der Waals surface area contributed by atoms with Gasteiger partial charge in [-0.2, -0.15) is 5.32 Å². The number of methoxy groups -OCH3 is 1. The van der Waals surface area contributed by atoms with Gasteiger partial charge >= 0.3 is 6.03 Å². The fraction of sp³-hybridized carbons (Fsp3) is 0.348. The van der Waals surface area contributed by atoms with Crippen molar-refractivity contribution in [3.63, 3.8) is 0 Å². The summed E-state index contributed by atoms with van der Waals surface area (Å²) in [6.45, 7) is 4.87. The molecule has 5 heteroatoms. The molecule has 0 saturated carbocycles. The van der Waals surface area contributed by atoms with Crippen molar-refractivity contribution in [2.24, 2.45) is 0 Å². The number of nitrogens with zero attached hydrogens (tertiary/aromatic N) is 3. The van der Waals surface area contributed by atoms with Crippen LogP contribution in [0, 0.1) is 0 Å². The Morgan fingerprint density at radius 3 is 2.54 bits per heavy atom. The summed E-state index contributed by atoms with van der Waals surface area (Å²) in [6, 6.07) is 18.3. The second kappa shape index (κ2) is 8.07. The molecule has 1 radical (unpaired) electrons. The number of ether oxygens (including phenoxy) is 1. The van der Waals surface area contributed by atoms with Crippen LogP contribution >= 0.6 is 0 Å². The monoisotopic (exact) mass is 376 g/mol. The van der Waals surface area contributed by atoms with Gasteiger partial charge in [-0.15, -0.1) is 0 Å². The van der Waals surface area contributed by atoms with Crippen molar-refractivity contribution < 1.29 is 9.53 Å². The highest BCUT2D eigenvalue weighted by molar-refractivity contribution is 5.93. The standard InChI is InChI=1S/C23H26N3O2/c1-17-22(19-8-4-3-5-9-19)24-23(27)26(17)20-11-13-25(14-12-20)16-18-7-6-10-21(15-18)28-2/h3-10,15,20H,11-14,16H2,1-2H3. The number of likely N-dealkylation sites (tertiary alicyclic amines) is 1. The van der Waals surface area contributed by atoms with Crippen LogP contribution in [0.25, 0.3) is 5.70 Å². The molecule has 2 aromatic carbocycles. The number of hydrogen-bond acceptors (Lipinski definition) is 3. The molecular formula is C23H26N3O2. The molecule has 145 valence electrons. The summed E-state index contributed by atoms with van der Waals surface area (Å²) in [6.07, 6.45) is 1.93. The highest BCUT2D eigenvalue weighted by Crippen LogP contribution is 2.31. The predicted molar refractivity (Wildman–Crippen MR) is 110 cm³/mol. The van der Waals surface area contributed by atoms with Crippen molar-refractivity contribution in [3.05, 3.63) is 71.4 Å². The van der Waals surface area contributed by atoms with E-state index in [1.54, 1.807) is 7.11 Å². The van der Waals surface area contributed by atoms with Crippen molar-refractivity contribution in [2.45, 2.75) is 32.4 Å². The van der Waals surface area contributed by atoms with Crippen molar-refractivity contribution in [2.75, 3.05) is 20.2 Å². The van der Waals surface area contributed by atoms with Crippen LogP contribution in [0.1, 0.15) is 30.9 Å². The molecule has 0 N–H and O–H groups in total. The molecule has 0 aromatic heterocycles. The molecule has 2 amide bonds. The highest BCUT2D eigenvalue weighted by Gasteiger charge is 2.36. The number of hydrogen-bond donors (Lipinski definition) is 0. The zero-order valence-corrected chi connectivity index (χ0v) is 16.5. The number of carbonyl (C=O) groups excluding carboxylic acids is 1. The molecule has 2 heterocycles. The topological polar surface area (TPSA) is 46.9 Å². The zero-order valence-electron chi connectivity index (χ0n) is 16.5. The van der Waals surface area contributed by atoms with Gasteiger partial charge in [0.25, 0.3) is 0 Å². The van der Waals surface area contributed by atoms with E-state index in [-0.39, 0.29) is 12.1 Å². The quantitative estimate of drug-likeness (QED) is 0.790. The van der Waals surface area contributed by atoms with Crippen molar-refractivity contribution in [1.82, 2.24) is 15.1 Å². The molecule has 4 rings (SSSR count). The lowest BCUT2D eigenvalue weighted by Crippen LogP contribution is -2.45. The summed E-state index contributed by atoms with van der Waals surface area (Å²) in [4.78, 5) is 17.0. The molecule has 5 nitrogen and oxygen atoms in total. The highest BCUT2D eigenvalue weighted by atomic mass is 16.5. The third-order valence-corrected chi connectivity index (χ3v) is 5.63. The third kappa shape index (κ3) is 3.76. The number of allylic oxidation sites excluding steroid dienone is 1. The van der Waals surface area contributed by atoms with Crippen molar-refractivity contribution in [1.29, 1.82) is 0 Å². The van der Waals surface area contributed by atoms with Crippen LogP contribution in [-0.4, -0.2) is 42.1 Å². The van der Waals surface area contributed by atoms with E-state index in [0.717, 1.165) is 55.2 Å². The summed E-state index contributed by atoms with van der Waals surface area (Å²) in [5.41, 5.74) is 4.05. The van der Waals surface area contributed by atoms with Crippen molar-refractivity contribution in [3.8, 4) is 5.75 Å². The molecule has 28 heavy (non-hydrogen) atoms. The van der Waals surface area contributed by atoms with Crippen LogP contribution in [0.15, 0.2) is 60.3 Å². The van der Waals surface area contributed by atoms with E-state index in [0.29, 0.717) is 0 Å². The summed E-state index contributed by atoms with van der Waals surface area (Å²) < 4.78 is 5.32. The van der Waals surface area contributed by atoms with E-state index >= 15 is 0 Å². The SMILES string of the molecule is COc1cccc(CN2CCC(N3C(=O)[N]C(c4ccccc4)=C3C)CC2)c1. The van der Waals surface area contributed by atoms with Gasteiger partial charge in [0.15, 0.2) is 0 Å². The normalized spacial score (nSPS) is 18.5. The summed E-state index contributed by atoms with van der Waals surface area (Å²) >= 11 is 0. The number of carbonyl (C=O) groups is 1. The van der Waals surface area contributed by atoms with Crippen LogP contribution in [0.5, 0.6) is 5.75 Å². The van der Waals surface area contributed by atoms with Crippen LogP contribution < -0.4 is 10.1 Å². The van der Waals surface area contributed by atoms with Gasteiger partial charge in [-0.05, 0) is 37.5 Å². The lowest BCUT2D eigenvalue weighted by molar-refractivity contribution is 0.140. The summed E-state index contributed by atoms with van der Waals surface area (Å²) in [5, 5.41) is 4.34. The Kier molecular flexibility index (Phi) is 5.35. The van der Waals surface area contributed by atoms with Crippen LogP contribution in [0.3, 0.4) is 0 Å². The van der Waals surface area contributed by atoms with Crippen molar-refractivity contribution >= 4 is 11.7 Å². The fourth-order valence-electron chi connectivity index (χ4n) is 4.15. The van der Waals surface area contributed by atoms with Crippen LogP contribution in [0.4, 0.5) is 4.79 Å². The predicted octanol–water partition coefficient (Wildman–Crippen LogP) is 4.09. The first-order chi connectivity index (χ1) is 13.7. The fourth-order valence-corrected chi connectivity index (χ4v) is 4.15. The smallest absolute Gasteiger partial charge is 0.348 e. The van der Waals surface area contributed by atoms with Gasteiger partial charge in [0, 0.05) is 36.9 Å². The number of piperidine rings is 1. The van der Waals surface area contributed by atoms with E-state index in [1.807, 2.05) is 54.3 Å². The first-order valence-corrected chi connectivity index (χ1v) is 9.82. The zero-order chi connectivity index (χ0) is 19.5. The Balaban J connectivity index is 1.40. The van der Waals surface area contributed by atoms with E-state index < -0.39 is 0 Å². The average molecular weight is 376 g/mol. The van der Waals surface area contributed by atoms with Gasteiger partial charge in [-0.3, -0.25) is 9.80 Å². The lowest BCUT2D eigenvalue weighted by atomic mass is 10.0. The molecule has 0 spiro atoms. The van der Waals surface area contributed by atoms with Crippen LogP contribution in [-0.2, 0) is 6.54 Å². The first-order valence-electron chi connectivity index (χ1n) is 9.82. The summed E-state index contributed by atoms with van der Waals surface area (Å²) in [5.74, 6) is 0.894. The number of rotatable bonds is 5. The molecule has 0 unspecified atom stereocenters. The molecule has 2 aromatic rings. The molecule has 0 atom stereocenters. The van der Waals surface area contributed by atoms with Gasteiger partial charge in [-0.1, -0.05) is 42.5 Å². The number of benzene rings is 2. The second-order valence-corrected chi connectivity index (χ2v) is 7.42. The Morgan fingerprint density at radius 1 is 1.07 bits per heavy atom.